The van der Waals surface area contributed by atoms with Gasteiger partial charge in [-0.2, -0.15) is 0 Å². The van der Waals surface area contributed by atoms with Gasteiger partial charge in [0.2, 0.25) is 0 Å². The molecule has 64 valence electrons. The van der Waals surface area contributed by atoms with E-state index in [1.807, 2.05) is 24.3 Å². The molecule has 3 nitrogen and oxygen atoms in total. The van der Waals surface area contributed by atoms with Crippen LogP contribution in [0.3, 0.4) is 0 Å². The topological polar surface area (TPSA) is 39.9 Å². The Morgan fingerprint density at radius 3 is 2.62 bits per heavy atom. The fourth-order valence-corrected chi connectivity index (χ4v) is 0.984. The highest BCUT2D eigenvalue weighted by molar-refractivity contribution is 5.65. The summed E-state index contributed by atoms with van der Waals surface area (Å²) in [4.78, 5) is 12.0. The number of pyridine rings is 1. The van der Waals surface area contributed by atoms with Crippen LogP contribution < -0.4 is 4.98 Å². The Morgan fingerprint density at radius 1 is 1.08 bits per heavy atom. The SMILES string of the molecule is C(=C\c1ncc[n-]1)/c1ccncc1. The van der Waals surface area contributed by atoms with Gasteiger partial charge < -0.3 is 9.97 Å². The van der Waals surface area contributed by atoms with Gasteiger partial charge in [0.05, 0.1) is 0 Å². The predicted octanol–water partition coefficient (Wildman–Crippen LogP) is 1.60. The van der Waals surface area contributed by atoms with E-state index >= 15 is 0 Å². The van der Waals surface area contributed by atoms with Crippen LogP contribution in [0.2, 0.25) is 0 Å². The second kappa shape index (κ2) is 3.67. The molecule has 0 N–H and O–H groups in total. The molecule has 0 amide bonds. The second-order valence-corrected chi connectivity index (χ2v) is 2.53. The first-order valence-corrected chi connectivity index (χ1v) is 3.97. The Bertz CT molecular complexity index is 376. The molecule has 0 aliphatic heterocycles. The Morgan fingerprint density at radius 2 is 1.92 bits per heavy atom. The Kier molecular flexibility index (Phi) is 2.18. The van der Waals surface area contributed by atoms with Crippen molar-refractivity contribution >= 4 is 12.2 Å². The zero-order valence-corrected chi connectivity index (χ0v) is 6.96. The molecular weight excluding hydrogens is 162 g/mol. The number of rotatable bonds is 2. The molecule has 0 atom stereocenters. The van der Waals surface area contributed by atoms with Gasteiger partial charge in [-0.3, -0.25) is 4.98 Å². The molecule has 3 heteroatoms. The van der Waals surface area contributed by atoms with Crippen molar-refractivity contribution in [1.29, 1.82) is 0 Å². The molecule has 0 saturated heterocycles. The van der Waals surface area contributed by atoms with Crippen LogP contribution in [0.1, 0.15) is 11.4 Å². The molecule has 0 radical (unpaired) electrons. The molecule has 0 spiro atoms. The van der Waals surface area contributed by atoms with Gasteiger partial charge in [0.1, 0.15) is 0 Å². The van der Waals surface area contributed by atoms with Gasteiger partial charge in [0, 0.05) is 12.4 Å². The summed E-state index contributed by atoms with van der Waals surface area (Å²) >= 11 is 0. The minimum atomic E-state index is 0.733. The average molecular weight is 170 g/mol. The van der Waals surface area contributed by atoms with Crippen LogP contribution in [-0.2, 0) is 0 Å². The summed E-state index contributed by atoms with van der Waals surface area (Å²) in [6.45, 7) is 0. The minimum Gasteiger partial charge on any atom is -0.443 e. The van der Waals surface area contributed by atoms with E-state index in [4.69, 9.17) is 0 Å². The zero-order valence-electron chi connectivity index (χ0n) is 6.96. The summed E-state index contributed by atoms with van der Waals surface area (Å²) in [6, 6.07) is 3.86. The van der Waals surface area contributed by atoms with Gasteiger partial charge in [-0.1, -0.05) is 30.4 Å². The standard InChI is InChI=1S/C10H8N3/c1(2-10-12-7-8-13-10)9-3-5-11-6-4-9/h1-8H/q-1/b2-1+. The fourth-order valence-electron chi connectivity index (χ4n) is 0.984. The number of nitrogens with zero attached hydrogens (tertiary/aromatic N) is 3. The predicted molar refractivity (Wildman–Crippen MR) is 50.7 cm³/mol. The molecule has 2 aromatic heterocycles. The highest BCUT2D eigenvalue weighted by atomic mass is 14.9. The molecule has 0 aromatic carbocycles. The van der Waals surface area contributed by atoms with E-state index < -0.39 is 0 Å². The van der Waals surface area contributed by atoms with E-state index in [9.17, 15) is 0 Å². The first-order chi connectivity index (χ1) is 6.45. The van der Waals surface area contributed by atoms with Crippen molar-refractivity contribution in [1.82, 2.24) is 15.0 Å². The lowest BCUT2D eigenvalue weighted by Gasteiger charge is -1.94. The fraction of sp³-hybridized carbons (Fsp3) is 0. The Balaban J connectivity index is 2.15. The van der Waals surface area contributed by atoms with Gasteiger partial charge in [-0.05, 0) is 17.7 Å². The van der Waals surface area contributed by atoms with Crippen molar-refractivity contribution in [2.45, 2.75) is 0 Å². The summed E-state index contributed by atoms with van der Waals surface area (Å²) in [5, 5.41) is 0. The van der Waals surface area contributed by atoms with Crippen molar-refractivity contribution < 1.29 is 0 Å². The maximum Gasteiger partial charge on any atom is 0.0273 e. The summed E-state index contributed by atoms with van der Waals surface area (Å²) in [7, 11) is 0. The number of aromatic nitrogens is 3. The second-order valence-electron chi connectivity index (χ2n) is 2.53. The highest BCUT2D eigenvalue weighted by Crippen LogP contribution is 2.02. The van der Waals surface area contributed by atoms with Crippen LogP contribution in [0, 0.1) is 0 Å². The molecule has 2 heterocycles. The molecule has 0 bridgehead atoms. The smallest absolute Gasteiger partial charge is 0.0273 e. The van der Waals surface area contributed by atoms with E-state index in [0.717, 1.165) is 11.4 Å². The van der Waals surface area contributed by atoms with Gasteiger partial charge in [0.25, 0.3) is 0 Å². The van der Waals surface area contributed by atoms with Crippen molar-refractivity contribution in [2.75, 3.05) is 0 Å². The van der Waals surface area contributed by atoms with Crippen molar-refractivity contribution in [3.05, 3.63) is 48.3 Å². The van der Waals surface area contributed by atoms with Crippen LogP contribution in [-0.4, -0.2) is 9.97 Å². The van der Waals surface area contributed by atoms with Crippen LogP contribution in [0.15, 0.2) is 36.9 Å². The van der Waals surface area contributed by atoms with E-state index in [-0.39, 0.29) is 0 Å². The van der Waals surface area contributed by atoms with Crippen LogP contribution in [0.4, 0.5) is 0 Å². The average Bonchev–Trinajstić information content (AvgIpc) is 2.69. The third-order valence-electron chi connectivity index (χ3n) is 1.61. The summed E-state index contributed by atoms with van der Waals surface area (Å²) in [5.41, 5.74) is 1.10. The normalized spacial score (nSPS) is 10.8. The lowest BCUT2D eigenvalue weighted by Crippen LogP contribution is -1.76. The molecule has 0 unspecified atom stereocenters. The number of hydrogen-bond acceptors (Lipinski definition) is 2. The highest BCUT2D eigenvalue weighted by Gasteiger charge is 1.81. The zero-order chi connectivity index (χ0) is 8.93. The van der Waals surface area contributed by atoms with E-state index in [1.165, 1.54) is 0 Å². The first kappa shape index (κ1) is 7.73. The van der Waals surface area contributed by atoms with Gasteiger partial charge in [-0.25, -0.2) is 0 Å². The monoisotopic (exact) mass is 170 g/mol. The lowest BCUT2D eigenvalue weighted by atomic mass is 10.2. The minimum absolute atomic E-state index is 0.733. The maximum atomic E-state index is 4.02. The van der Waals surface area contributed by atoms with Crippen LogP contribution >= 0.6 is 0 Å². The van der Waals surface area contributed by atoms with Crippen molar-refractivity contribution in [3.63, 3.8) is 0 Å². The van der Waals surface area contributed by atoms with E-state index in [0.29, 0.717) is 0 Å². The van der Waals surface area contributed by atoms with Crippen LogP contribution in [0.25, 0.3) is 12.2 Å². The first-order valence-electron chi connectivity index (χ1n) is 3.97. The molecule has 0 aliphatic rings. The molecule has 0 aliphatic carbocycles. The lowest BCUT2D eigenvalue weighted by molar-refractivity contribution is 1.24. The largest absolute Gasteiger partial charge is 0.443 e. The van der Waals surface area contributed by atoms with Gasteiger partial charge in [0.15, 0.2) is 0 Å². The third kappa shape index (κ3) is 2.02. The number of imidazole rings is 1. The third-order valence-corrected chi connectivity index (χ3v) is 1.61. The summed E-state index contributed by atoms with van der Waals surface area (Å²) in [5.74, 6) is 0.733. The molecule has 0 fully saturated rings. The molecular formula is C10H8N3-. The van der Waals surface area contributed by atoms with Crippen LogP contribution in [0.5, 0.6) is 0 Å². The maximum absolute atomic E-state index is 4.02. The van der Waals surface area contributed by atoms with E-state index in [2.05, 4.69) is 15.0 Å². The Labute approximate surface area is 76.2 Å². The van der Waals surface area contributed by atoms with E-state index in [1.54, 1.807) is 24.8 Å². The summed E-state index contributed by atoms with van der Waals surface area (Å²) < 4.78 is 0. The Hall–Kier alpha value is -1.90. The quantitative estimate of drug-likeness (QED) is 0.687. The van der Waals surface area contributed by atoms with Crippen molar-refractivity contribution in [2.24, 2.45) is 0 Å². The van der Waals surface area contributed by atoms with Crippen molar-refractivity contribution in [3.8, 4) is 0 Å². The molecule has 2 aromatic rings. The van der Waals surface area contributed by atoms with Gasteiger partial charge in [-0.15, -0.1) is 0 Å². The molecule has 2 rings (SSSR count). The molecule has 13 heavy (non-hydrogen) atoms. The number of hydrogen-bond donors (Lipinski definition) is 0. The molecule has 0 saturated carbocycles. The summed E-state index contributed by atoms with van der Waals surface area (Å²) in [6.07, 6.45) is 10.7. The van der Waals surface area contributed by atoms with Gasteiger partial charge >= 0.3 is 0 Å².